The Morgan fingerprint density at radius 2 is 1.80 bits per heavy atom. The lowest BCUT2D eigenvalue weighted by atomic mass is 10.0. The van der Waals surface area contributed by atoms with Crippen LogP contribution in [-0.2, 0) is 6.61 Å². The molecular formula is C23H20N6O. The summed E-state index contributed by atoms with van der Waals surface area (Å²) in [6.45, 7) is 10.8. The standard InChI is InChI=1S/C23H20N6O/c1-15-11-17(5-4-10-24)12-16(2)22(15)28-21-13-20(14-30)27-23(29-21)26-19-8-6-18(25-3)7-9-19/h4-9,11-13,30H,14H2,1-2H3,(H2,26,27,28,29)/b5-4+. The van der Waals surface area contributed by atoms with Crippen molar-refractivity contribution < 1.29 is 5.11 Å². The highest BCUT2D eigenvalue weighted by Gasteiger charge is 2.09. The van der Waals surface area contributed by atoms with Crippen LogP contribution in [0.25, 0.3) is 10.9 Å². The number of allylic oxidation sites excluding steroid dienone is 1. The van der Waals surface area contributed by atoms with Crippen molar-refractivity contribution in [2.45, 2.75) is 20.5 Å². The Labute approximate surface area is 175 Å². The molecule has 0 bridgehead atoms. The van der Waals surface area contributed by atoms with E-state index >= 15 is 0 Å². The Hall–Kier alpha value is -4.20. The zero-order valence-corrected chi connectivity index (χ0v) is 16.6. The lowest BCUT2D eigenvalue weighted by Gasteiger charge is -2.15. The fraction of sp³-hybridized carbons (Fsp3) is 0.130. The molecule has 0 atom stereocenters. The molecule has 30 heavy (non-hydrogen) atoms. The van der Waals surface area contributed by atoms with Crippen molar-refractivity contribution >= 4 is 34.9 Å². The van der Waals surface area contributed by atoms with Gasteiger partial charge in [-0.25, -0.2) is 9.83 Å². The highest BCUT2D eigenvalue weighted by Crippen LogP contribution is 2.27. The molecule has 0 unspecified atom stereocenters. The summed E-state index contributed by atoms with van der Waals surface area (Å²) in [4.78, 5) is 12.2. The number of aryl methyl sites for hydroxylation is 2. The van der Waals surface area contributed by atoms with Crippen molar-refractivity contribution in [1.82, 2.24) is 9.97 Å². The first-order chi connectivity index (χ1) is 14.5. The van der Waals surface area contributed by atoms with E-state index in [1.165, 1.54) is 6.08 Å². The number of nitriles is 1. The molecule has 3 N–H and O–H groups in total. The Morgan fingerprint density at radius 3 is 2.40 bits per heavy atom. The van der Waals surface area contributed by atoms with Gasteiger partial charge in [0.05, 0.1) is 24.9 Å². The number of aliphatic hydroxyl groups excluding tert-OH is 1. The van der Waals surface area contributed by atoms with E-state index in [0.717, 1.165) is 28.1 Å². The van der Waals surface area contributed by atoms with Gasteiger partial charge >= 0.3 is 0 Å². The normalized spacial score (nSPS) is 10.4. The molecular weight excluding hydrogens is 376 g/mol. The maximum atomic E-state index is 9.60. The first-order valence-electron chi connectivity index (χ1n) is 9.20. The summed E-state index contributed by atoms with van der Waals surface area (Å²) >= 11 is 0. The van der Waals surface area contributed by atoms with Gasteiger partial charge in [-0.15, -0.1) is 0 Å². The number of aliphatic hydroxyl groups is 1. The average molecular weight is 396 g/mol. The average Bonchev–Trinajstić information content (AvgIpc) is 2.75. The molecule has 1 aromatic heterocycles. The summed E-state index contributed by atoms with van der Waals surface area (Å²) in [6.07, 6.45) is 3.21. The Balaban J connectivity index is 1.89. The molecule has 7 heteroatoms. The quantitative estimate of drug-likeness (QED) is 0.393. The number of hydrogen-bond donors (Lipinski definition) is 3. The Kier molecular flexibility index (Phi) is 6.39. The predicted molar refractivity (Wildman–Crippen MR) is 118 cm³/mol. The predicted octanol–water partition coefficient (Wildman–Crippen LogP) is 5.16. The van der Waals surface area contributed by atoms with Gasteiger partial charge in [-0.1, -0.05) is 12.1 Å². The number of nitrogens with zero attached hydrogens (tertiary/aromatic N) is 4. The van der Waals surface area contributed by atoms with Crippen molar-refractivity contribution in [2.75, 3.05) is 10.6 Å². The second-order valence-electron chi connectivity index (χ2n) is 6.63. The third-order valence-corrected chi connectivity index (χ3v) is 4.35. The van der Waals surface area contributed by atoms with Crippen LogP contribution in [0.1, 0.15) is 22.4 Å². The van der Waals surface area contributed by atoms with E-state index < -0.39 is 0 Å². The van der Waals surface area contributed by atoms with Gasteiger partial charge in [-0.2, -0.15) is 10.2 Å². The van der Waals surface area contributed by atoms with Gasteiger partial charge in [-0.05, 0) is 60.9 Å². The van der Waals surface area contributed by atoms with E-state index in [4.69, 9.17) is 11.8 Å². The molecule has 0 aliphatic heterocycles. The second-order valence-corrected chi connectivity index (χ2v) is 6.63. The third kappa shape index (κ3) is 4.99. The van der Waals surface area contributed by atoms with Crippen LogP contribution in [0.15, 0.2) is 48.5 Å². The molecule has 148 valence electrons. The summed E-state index contributed by atoms with van der Waals surface area (Å²) < 4.78 is 0. The van der Waals surface area contributed by atoms with Crippen LogP contribution >= 0.6 is 0 Å². The van der Waals surface area contributed by atoms with Crippen molar-refractivity contribution in [3.8, 4) is 6.07 Å². The van der Waals surface area contributed by atoms with Crippen molar-refractivity contribution in [3.05, 3.63) is 82.3 Å². The minimum absolute atomic E-state index is 0.224. The van der Waals surface area contributed by atoms with E-state index in [1.807, 2.05) is 32.0 Å². The SMILES string of the molecule is [C-]#[N+]c1ccc(Nc2nc(CO)cc(Nc3c(C)cc(/C=C/C#N)cc3C)n2)cc1. The zero-order valence-electron chi connectivity index (χ0n) is 16.6. The monoisotopic (exact) mass is 396 g/mol. The molecule has 0 spiro atoms. The van der Waals surface area contributed by atoms with Gasteiger partial charge in [0, 0.05) is 23.5 Å². The maximum Gasteiger partial charge on any atom is 0.229 e. The smallest absolute Gasteiger partial charge is 0.229 e. The number of rotatable bonds is 6. The fourth-order valence-electron chi connectivity index (χ4n) is 3.00. The molecule has 0 saturated heterocycles. The second kappa shape index (κ2) is 9.33. The van der Waals surface area contributed by atoms with E-state index in [-0.39, 0.29) is 6.61 Å². The summed E-state index contributed by atoms with van der Waals surface area (Å²) in [7, 11) is 0. The first kappa shape index (κ1) is 20.5. The Morgan fingerprint density at radius 1 is 1.10 bits per heavy atom. The molecule has 2 aromatic carbocycles. The number of anilines is 4. The lowest BCUT2D eigenvalue weighted by molar-refractivity contribution is 0.277. The maximum absolute atomic E-state index is 9.60. The molecule has 0 fully saturated rings. The minimum Gasteiger partial charge on any atom is -0.390 e. The van der Waals surface area contributed by atoms with Crippen molar-refractivity contribution in [3.63, 3.8) is 0 Å². The van der Waals surface area contributed by atoms with Gasteiger partial charge in [0.15, 0.2) is 5.69 Å². The van der Waals surface area contributed by atoms with Crippen LogP contribution < -0.4 is 10.6 Å². The van der Waals surface area contributed by atoms with Crippen LogP contribution in [-0.4, -0.2) is 15.1 Å². The Bertz CT molecular complexity index is 1150. The van der Waals surface area contributed by atoms with E-state index in [0.29, 0.717) is 23.1 Å². The van der Waals surface area contributed by atoms with Crippen LogP contribution in [0, 0.1) is 31.8 Å². The number of nitrogens with one attached hydrogen (secondary N) is 2. The van der Waals surface area contributed by atoms with E-state index in [9.17, 15) is 5.11 Å². The largest absolute Gasteiger partial charge is 0.390 e. The van der Waals surface area contributed by atoms with Gasteiger partial charge < -0.3 is 15.7 Å². The van der Waals surface area contributed by atoms with Crippen LogP contribution in [0.4, 0.5) is 28.8 Å². The van der Waals surface area contributed by atoms with E-state index in [1.54, 1.807) is 36.4 Å². The van der Waals surface area contributed by atoms with Crippen molar-refractivity contribution in [1.29, 1.82) is 5.26 Å². The van der Waals surface area contributed by atoms with Gasteiger partial charge in [-0.3, -0.25) is 0 Å². The summed E-state index contributed by atoms with van der Waals surface area (Å²) in [5.74, 6) is 0.879. The molecule has 7 nitrogen and oxygen atoms in total. The summed E-state index contributed by atoms with van der Waals surface area (Å²) in [5.41, 5.74) is 5.61. The third-order valence-electron chi connectivity index (χ3n) is 4.35. The zero-order chi connectivity index (χ0) is 21.5. The van der Waals surface area contributed by atoms with Gasteiger partial charge in [0.1, 0.15) is 5.82 Å². The number of benzene rings is 2. The molecule has 3 aromatic rings. The van der Waals surface area contributed by atoms with Gasteiger partial charge in [0.2, 0.25) is 5.95 Å². The molecule has 1 heterocycles. The van der Waals surface area contributed by atoms with Crippen LogP contribution in [0.3, 0.4) is 0 Å². The lowest BCUT2D eigenvalue weighted by Crippen LogP contribution is -2.05. The highest BCUT2D eigenvalue weighted by atomic mass is 16.3. The highest BCUT2D eigenvalue weighted by molar-refractivity contribution is 5.69. The molecule has 0 aliphatic carbocycles. The number of aromatic nitrogens is 2. The minimum atomic E-state index is -0.224. The van der Waals surface area contributed by atoms with Crippen molar-refractivity contribution in [2.24, 2.45) is 0 Å². The first-order valence-corrected chi connectivity index (χ1v) is 9.20. The van der Waals surface area contributed by atoms with Crippen LogP contribution in [0.2, 0.25) is 0 Å². The number of hydrogen-bond acceptors (Lipinski definition) is 6. The van der Waals surface area contributed by atoms with Crippen LogP contribution in [0.5, 0.6) is 0 Å². The van der Waals surface area contributed by atoms with Gasteiger partial charge in [0.25, 0.3) is 0 Å². The molecule has 0 aliphatic rings. The van der Waals surface area contributed by atoms with E-state index in [2.05, 4.69) is 25.4 Å². The molecule has 0 amide bonds. The molecule has 0 saturated carbocycles. The molecule has 0 radical (unpaired) electrons. The molecule has 3 rings (SSSR count). The summed E-state index contributed by atoms with van der Waals surface area (Å²) in [6, 6.07) is 14.6. The fourth-order valence-corrected chi connectivity index (χ4v) is 3.00. The topological polar surface area (TPSA) is 98.2 Å². The summed E-state index contributed by atoms with van der Waals surface area (Å²) in [5, 5.41) is 24.7.